The maximum absolute atomic E-state index is 12.2. The van der Waals surface area contributed by atoms with Crippen molar-refractivity contribution in [3.63, 3.8) is 0 Å². The summed E-state index contributed by atoms with van der Waals surface area (Å²) in [4.78, 5) is 23.8. The van der Waals surface area contributed by atoms with E-state index in [2.05, 4.69) is 20.7 Å². The number of halogens is 3. The molecule has 3 rings (SSSR count). The predicted octanol–water partition coefficient (Wildman–Crippen LogP) is 5.38. The minimum absolute atomic E-state index is 0.233. The van der Waals surface area contributed by atoms with Gasteiger partial charge in [-0.05, 0) is 66.7 Å². The lowest BCUT2D eigenvalue weighted by Crippen LogP contribution is -2.19. The molecule has 0 aliphatic carbocycles. The number of ether oxygens (including phenoxy) is 2. The summed E-state index contributed by atoms with van der Waals surface area (Å²) < 4.78 is 46.0. The maximum Gasteiger partial charge on any atom is 0.573 e. The molecule has 0 aliphatic rings. The van der Waals surface area contributed by atoms with Crippen LogP contribution < -0.4 is 25.4 Å². The van der Waals surface area contributed by atoms with Gasteiger partial charge < -0.3 is 25.4 Å². The van der Waals surface area contributed by atoms with Crippen LogP contribution in [0.3, 0.4) is 0 Å². The quantitative estimate of drug-likeness (QED) is 0.475. The summed E-state index contributed by atoms with van der Waals surface area (Å²) in [6, 6.07) is 17.3. The molecular weight excluding hydrogens is 427 g/mol. The second-order valence-electron chi connectivity index (χ2n) is 6.38. The summed E-state index contributed by atoms with van der Waals surface area (Å²) in [6.07, 6.45) is -4.78. The number of alkyl halides is 3. The smallest absolute Gasteiger partial charge is 0.457 e. The molecule has 166 valence electrons. The van der Waals surface area contributed by atoms with Gasteiger partial charge in [0.25, 0.3) is 5.91 Å². The number of nitrogens with one attached hydrogen (secondary N) is 3. The Kier molecular flexibility index (Phi) is 6.83. The Morgan fingerprint density at radius 1 is 0.781 bits per heavy atom. The van der Waals surface area contributed by atoms with Gasteiger partial charge in [0.05, 0.1) is 0 Å². The topological polar surface area (TPSA) is 88.7 Å². The number of carbonyl (C=O) groups excluding carboxylic acids is 2. The first-order valence-corrected chi connectivity index (χ1v) is 9.26. The van der Waals surface area contributed by atoms with Gasteiger partial charge >= 0.3 is 12.4 Å². The van der Waals surface area contributed by atoms with Gasteiger partial charge in [0.2, 0.25) is 0 Å². The molecule has 3 amide bonds. The molecule has 0 saturated heterocycles. The van der Waals surface area contributed by atoms with E-state index >= 15 is 0 Å². The largest absolute Gasteiger partial charge is 0.573 e. The first-order chi connectivity index (χ1) is 15.2. The SMILES string of the molecule is CNC(=O)c1cccc(Oc2ccc(NC(=O)Nc3ccc(OC(F)(F)F)cc3)cc2)c1. The highest BCUT2D eigenvalue weighted by molar-refractivity contribution is 5.99. The molecule has 10 heteroatoms. The van der Waals surface area contributed by atoms with Crippen LogP contribution in [0.25, 0.3) is 0 Å². The van der Waals surface area contributed by atoms with Crippen molar-refractivity contribution in [1.82, 2.24) is 5.32 Å². The van der Waals surface area contributed by atoms with Gasteiger partial charge in [0.15, 0.2) is 0 Å². The Bertz CT molecular complexity index is 1080. The van der Waals surface area contributed by atoms with Crippen molar-refractivity contribution in [1.29, 1.82) is 0 Å². The number of rotatable bonds is 6. The van der Waals surface area contributed by atoms with E-state index < -0.39 is 12.4 Å². The fourth-order valence-electron chi connectivity index (χ4n) is 2.62. The molecule has 0 radical (unpaired) electrons. The number of urea groups is 1. The van der Waals surface area contributed by atoms with E-state index in [1.54, 1.807) is 48.5 Å². The summed E-state index contributed by atoms with van der Waals surface area (Å²) >= 11 is 0. The summed E-state index contributed by atoms with van der Waals surface area (Å²) in [5, 5.41) is 7.63. The lowest BCUT2D eigenvalue weighted by Gasteiger charge is -2.11. The molecule has 32 heavy (non-hydrogen) atoms. The average Bonchev–Trinajstić information content (AvgIpc) is 2.75. The molecule has 0 bridgehead atoms. The Labute approximate surface area is 181 Å². The highest BCUT2D eigenvalue weighted by atomic mass is 19.4. The molecule has 0 aromatic heterocycles. The molecule has 3 aromatic rings. The van der Waals surface area contributed by atoms with E-state index in [-0.39, 0.29) is 17.3 Å². The minimum Gasteiger partial charge on any atom is -0.457 e. The molecule has 0 heterocycles. The van der Waals surface area contributed by atoms with Gasteiger partial charge in [-0.15, -0.1) is 13.2 Å². The molecule has 0 saturated carbocycles. The third kappa shape index (κ3) is 6.66. The predicted molar refractivity (Wildman–Crippen MR) is 112 cm³/mol. The zero-order valence-corrected chi connectivity index (χ0v) is 16.7. The number of carbonyl (C=O) groups is 2. The minimum atomic E-state index is -4.78. The molecular formula is C22H18F3N3O4. The standard InChI is InChI=1S/C22H18F3N3O4/c1-26-20(29)14-3-2-4-19(13-14)31-17-9-5-15(6-10-17)27-21(30)28-16-7-11-18(12-8-16)32-22(23,24)25/h2-13H,1H3,(H,26,29)(H2,27,28,30). The molecule has 3 N–H and O–H groups in total. The number of anilines is 2. The monoisotopic (exact) mass is 445 g/mol. The van der Waals surface area contributed by atoms with E-state index in [9.17, 15) is 22.8 Å². The highest BCUT2D eigenvalue weighted by Crippen LogP contribution is 2.25. The number of hydrogen-bond acceptors (Lipinski definition) is 4. The number of amides is 3. The fraction of sp³-hybridized carbons (Fsp3) is 0.0909. The van der Waals surface area contributed by atoms with Gasteiger partial charge in [-0.3, -0.25) is 4.79 Å². The van der Waals surface area contributed by atoms with Crippen LogP contribution in [0.5, 0.6) is 17.2 Å². The molecule has 0 unspecified atom stereocenters. The van der Waals surface area contributed by atoms with Crippen molar-refractivity contribution in [3.05, 3.63) is 78.4 Å². The number of benzene rings is 3. The Morgan fingerprint density at radius 3 is 1.88 bits per heavy atom. The Hall–Kier alpha value is -4.21. The first kappa shape index (κ1) is 22.5. The maximum atomic E-state index is 12.2. The molecule has 3 aromatic carbocycles. The van der Waals surface area contributed by atoms with Crippen molar-refractivity contribution in [3.8, 4) is 17.2 Å². The number of hydrogen-bond donors (Lipinski definition) is 3. The summed E-state index contributed by atoms with van der Waals surface area (Å²) in [7, 11) is 1.54. The Balaban J connectivity index is 1.55. The zero-order chi connectivity index (χ0) is 23.1. The van der Waals surface area contributed by atoms with Crippen LogP contribution in [0.15, 0.2) is 72.8 Å². The van der Waals surface area contributed by atoms with Crippen LogP contribution in [0.2, 0.25) is 0 Å². The average molecular weight is 445 g/mol. The molecule has 0 spiro atoms. The fourth-order valence-corrected chi connectivity index (χ4v) is 2.62. The molecule has 0 atom stereocenters. The molecule has 0 fully saturated rings. The van der Waals surface area contributed by atoms with Crippen LogP contribution in [-0.2, 0) is 0 Å². The second kappa shape index (κ2) is 9.73. The van der Waals surface area contributed by atoms with E-state index in [1.165, 1.54) is 19.2 Å². The molecule has 0 aliphatic heterocycles. The normalized spacial score (nSPS) is 10.8. The lowest BCUT2D eigenvalue weighted by atomic mass is 10.2. The third-order valence-electron chi connectivity index (χ3n) is 4.02. The van der Waals surface area contributed by atoms with Gasteiger partial charge in [-0.1, -0.05) is 6.07 Å². The van der Waals surface area contributed by atoms with Crippen molar-refractivity contribution in [2.24, 2.45) is 0 Å². The third-order valence-corrected chi connectivity index (χ3v) is 4.02. The molecule has 7 nitrogen and oxygen atoms in total. The van der Waals surface area contributed by atoms with Crippen molar-refractivity contribution in [2.45, 2.75) is 6.36 Å². The van der Waals surface area contributed by atoms with E-state index in [1.807, 2.05) is 0 Å². The Morgan fingerprint density at radius 2 is 1.34 bits per heavy atom. The van der Waals surface area contributed by atoms with Crippen LogP contribution in [0.4, 0.5) is 29.3 Å². The summed E-state index contributed by atoms with van der Waals surface area (Å²) in [5.41, 5.74) is 1.21. The van der Waals surface area contributed by atoms with E-state index in [0.29, 0.717) is 22.7 Å². The summed E-state index contributed by atoms with van der Waals surface area (Å²) in [6.45, 7) is 0. The van der Waals surface area contributed by atoms with Crippen molar-refractivity contribution < 1.29 is 32.2 Å². The van der Waals surface area contributed by atoms with Gasteiger partial charge in [-0.25, -0.2) is 4.79 Å². The summed E-state index contributed by atoms with van der Waals surface area (Å²) in [5.74, 6) is 0.344. The highest BCUT2D eigenvalue weighted by Gasteiger charge is 2.30. The van der Waals surface area contributed by atoms with Gasteiger partial charge in [-0.2, -0.15) is 0 Å². The van der Waals surface area contributed by atoms with Crippen LogP contribution in [-0.4, -0.2) is 25.3 Å². The van der Waals surface area contributed by atoms with E-state index in [4.69, 9.17) is 4.74 Å². The van der Waals surface area contributed by atoms with Crippen LogP contribution in [0.1, 0.15) is 10.4 Å². The van der Waals surface area contributed by atoms with E-state index in [0.717, 1.165) is 12.1 Å². The zero-order valence-electron chi connectivity index (χ0n) is 16.7. The lowest BCUT2D eigenvalue weighted by molar-refractivity contribution is -0.274. The van der Waals surface area contributed by atoms with Crippen molar-refractivity contribution >= 4 is 23.3 Å². The van der Waals surface area contributed by atoms with Crippen LogP contribution in [0, 0.1) is 0 Å². The second-order valence-corrected chi connectivity index (χ2v) is 6.38. The van der Waals surface area contributed by atoms with Crippen LogP contribution >= 0.6 is 0 Å². The van der Waals surface area contributed by atoms with Gasteiger partial charge in [0, 0.05) is 24.0 Å². The van der Waals surface area contributed by atoms with Crippen molar-refractivity contribution in [2.75, 3.05) is 17.7 Å². The first-order valence-electron chi connectivity index (χ1n) is 9.26. The van der Waals surface area contributed by atoms with Gasteiger partial charge in [0.1, 0.15) is 17.2 Å².